The van der Waals surface area contributed by atoms with E-state index in [0.717, 1.165) is 35.3 Å². The molecule has 2 aromatic carbocycles. The molecule has 8 heteroatoms. The maximum Gasteiger partial charge on any atom is 0.338 e. The zero-order chi connectivity index (χ0) is 23.5. The van der Waals surface area contributed by atoms with Gasteiger partial charge in [-0.2, -0.15) is 0 Å². The summed E-state index contributed by atoms with van der Waals surface area (Å²) in [7, 11) is 0. The smallest absolute Gasteiger partial charge is 0.338 e. The molecule has 0 unspecified atom stereocenters. The molecule has 0 spiro atoms. The van der Waals surface area contributed by atoms with Gasteiger partial charge in [0.1, 0.15) is 0 Å². The van der Waals surface area contributed by atoms with Gasteiger partial charge in [0.15, 0.2) is 5.82 Å². The molecule has 0 radical (unpaired) electrons. The molecule has 0 saturated carbocycles. The van der Waals surface area contributed by atoms with E-state index in [4.69, 9.17) is 9.72 Å². The molecule has 2 aromatic heterocycles. The Balaban J connectivity index is 1.31. The topological polar surface area (TPSA) is 79.2 Å². The first-order chi connectivity index (χ1) is 16.6. The number of benzene rings is 2. The molecule has 0 bridgehead atoms. The van der Waals surface area contributed by atoms with Crippen molar-refractivity contribution in [3.63, 3.8) is 0 Å². The largest absolute Gasteiger partial charge is 0.462 e. The highest BCUT2D eigenvalue weighted by Gasteiger charge is 2.22. The third-order valence-electron chi connectivity index (χ3n) is 6.05. The summed E-state index contributed by atoms with van der Waals surface area (Å²) in [5, 5.41) is 2.92. The Bertz CT molecular complexity index is 1350. The molecule has 5 rings (SSSR count). The minimum atomic E-state index is -0.399. The lowest BCUT2D eigenvalue weighted by molar-refractivity contribution is 0.0526. The summed E-state index contributed by atoms with van der Waals surface area (Å²) in [6.07, 6.45) is 2.89. The first-order valence-electron chi connectivity index (χ1n) is 11.6. The number of fused-ring (bicyclic) bond motifs is 3. The molecule has 34 heavy (non-hydrogen) atoms. The number of nitrogens with one attached hydrogen (secondary N) is 1. The van der Waals surface area contributed by atoms with E-state index in [1.807, 2.05) is 29.2 Å². The van der Waals surface area contributed by atoms with Crippen molar-refractivity contribution >= 4 is 40.1 Å². The Morgan fingerprint density at radius 3 is 2.71 bits per heavy atom. The van der Waals surface area contributed by atoms with Gasteiger partial charge in [0.05, 0.1) is 28.7 Å². The van der Waals surface area contributed by atoms with Crippen LogP contribution in [0.25, 0.3) is 16.6 Å². The number of urea groups is 1. The van der Waals surface area contributed by atoms with Gasteiger partial charge in [-0.1, -0.05) is 18.2 Å². The predicted octanol–water partition coefficient (Wildman–Crippen LogP) is 4.41. The maximum atomic E-state index is 13.0. The standard InChI is InChI=1S/C26H27N5O3/c1-2-34-25(32)19-8-5-9-20(18-19)27-26(33)30-14-7-13-29(16-17-30)24-23-12-6-15-31(23)22-11-4-3-10-21(22)28-24/h3-6,8-12,15,18H,2,7,13-14,16-17H2,1H3,(H,27,33). The van der Waals surface area contributed by atoms with E-state index < -0.39 is 5.97 Å². The summed E-state index contributed by atoms with van der Waals surface area (Å²) < 4.78 is 7.22. The summed E-state index contributed by atoms with van der Waals surface area (Å²) in [6, 6.07) is 18.9. The minimum absolute atomic E-state index is 0.179. The van der Waals surface area contributed by atoms with Gasteiger partial charge in [0.25, 0.3) is 0 Å². The van der Waals surface area contributed by atoms with E-state index in [0.29, 0.717) is 37.5 Å². The molecule has 1 aliphatic rings. The highest BCUT2D eigenvalue weighted by atomic mass is 16.5. The zero-order valence-corrected chi connectivity index (χ0v) is 19.1. The van der Waals surface area contributed by atoms with Crippen LogP contribution in [0, 0.1) is 0 Å². The molecule has 1 aliphatic heterocycles. The first kappa shape index (κ1) is 21.8. The number of hydrogen-bond acceptors (Lipinski definition) is 5. The number of nitrogens with zero attached hydrogens (tertiary/aromatic N) is 4. The van der Waals surface area contributed by atoms with E-state index in [1.165, 1.54) is 0 Å². The van der Waals surface area contributed by atoms with Crippen molar-refractivity contribution in [3.8, 4) is 0 Å². The number of amides is 2. The van der Waals surface area contributed by atoms with E-state index in [-0.39, 0.29) is 6.03 Å². The number of rotatable bonds is 4. The summed E-state index contributed by atoms with van der Waals surface area (Å²) in [5.74, 6) is 0.539. The number of ether oxygens (including phenoxy) is 1. The van der Waals surface area contributed by atoms with Crippen LogP contribution >= 0.6 is 0 Å². The van der Waals surface area contributed by atoms with Crippen LogP contribution < -0.4 is 10.2 Å². The van der Waals surface area contributed by atoms with Gasteiger partial charge >= 0.3 is 12.0 Å². The SMILES string of the molecule is CCOC(=O)c1cccc(NC(=O)N2CCCN(c3nc4ccccc4n4cccc34)CC2)c1. The molecule has 1 fully saturated rings. The molecule has 4 aromatic rings. The minimum Gasteiger partial charge on any atom is -0.462 e. The van der Waals surface area contributed by atoms with Gasteiger partial charge in [0, 0.05) is 38.1 Å². The molecule has 0 atom stereocenters. The van der Waals surface area contributed by atoms with Crippen molar-refractivity contribution < 1.29 is 14.3 Å². The number of aromatic nitrogens is 2. The summed E-state index contributed by atoms with van der Waals surface area (Å²) in [6.45, 7) is 4.79. The second-order valence-electron chi connectivity index (χ2n) is 8.25. The molecule has 2 amide bonds. The normalized spacial score (nSPS) is 14.3. The van der Waals surface area contributed by atoms with Gasteiger partial charge < -0.3 is 24.3 Å². The number of carbonyl (C=O) groups is 2. The Morgan fingerprint density at radius 2 is 1.82 bits per heavy atom. The highest BCUT2D eigenvalue weighted by Crippen LogP contribution is 2.26. The van der Waals surface area contributed by atoms with Crippen LogP contribution in [0.2, 0.25) is 0 Å². The third kappa shape index (κ3) is 4.26. The molecule has 0 aliphatic carbocycles. The lowest BCUT2D eigenvalue weighted by Crippen LogP contribution is -2.38. The van der Waals surface area contributed by atoms with E-state index >= 15 is 0 Å². The fourth-order valence-electron chi connectivity index (χ4n) is 4.41. The van der Waals surface area contributed by atoms with Crippen molar-refractivity contribution in [3.05, 3.63) is 72.4 Å². The summed E-state index contributed by atoms with van der Waals surface area (Å²) >= 11 is 0. The van der Waals surface area contributed by atoms with Crippen LogP contribution in [0.1, 0.15) is 23.7 Å². The van der Waals surface area contributed by atoms with E-state index in [2.05, 4.69) is 32.9 Å². The number of anilines is 2. The Labute approximate surface area is 197 Å². The van der Waals surface area contributed by atoms with Gasteiger partial charge in [-0.05, 0) is 55.8 Å². The van der Waals surface area contributed by atoms with Crippen LogP contribution in [-0.4, -0.2) is 59.1 Å². The Morgan fingerprint density at radius 1 is 0.971 bits per heavy atom. The molecular formula is C26H27N5O3. The van der Waals surface area contributed by atoms with Crippen LogP contribution in [0.15, 0.2) is 66.9 Å². The van der Waals surface area contributed by atoms with Crippen molar-refractivity contribution in [2.24, 2.45) is 0 Å². The second kappa shape index (κ2) is 9.43. The van der Waals surface area contributed by atoms with E-state index in [9.17, 15) is 9.59 Å². The molecule has 174 valence electrons. The Kier molecular flexibility index (Phi) is 6.03. The molecule has 1 N–H and O–H groups in total. The van der Waals surface area contributed by atoms with E-state index in [1.54, 1.807) is 31.2 Å². The van der Waals surface area contributed by atoms with Crippen LogP contribution in [0.3, 0.4) is 0 Å². The van der Waals surface area contributed by atoms with Crippen molar-refractivity contribution in [2.75, 3.05) is 43.0 Å². The van der Waals surface area contributed by atoms with Crippen molar-refractivity contribution in [1.29, 1.82) is 0 Å². The average Bonchev–Trinajstić information content (AvgIpc) is 3.22. The average molecular weight is 458 g/mol. The van der Waals surface area contributed by atoms with Gasteiger partial charge in [-0.15, -0.1) is 0 Å². The highest BCUT2D eigenvalue weighted by molar-refractivity contribution is 5.94. The lowest BCUT2D eigenvalue weighted by atomic mass is 10.2. The fraction of sp³-hybridized carbons (Fsp3) is 0.269. The number of para-hydroxylation sites is 2. The van der Waals surface area contributed by atoms with Crippen LogP contribution in [0.5, 0.6) is 0 Å². The van der Waals surface area contributed by atoms with Gasteiger partial charge in [-0.25, -0.2) is 14.6 Å². The maximum absolute atomic E-state index is 13.0. The van der Waals surface area contributed by atoms with Crippen molar-refractivity contribution in [1.82, 2.24) is 14.3 Å². The third-order valence-corrected chi connectivity index (χ3v) is 6.05. The van der Waals surface area contributed by atoms with Crippen LogP contribution in [0.4, 0.5) is 16.3 Å². The monoisotopic (exact) mass is 457 g/mol. The molecular weight excluding hydrogens is 430 g/mol. The predicted molar refractivity (Wildman–Crippen MR) is 133 cm³/mol. The van der Waals surface area contributed by atoms with Gasteiger partial charge in [-0.3, -0.25) is 0 Å². The zero-order valence-electron chi connectivity index (χ0n) is 19.1. The fourth-order valence-corrected chi connectivity index (χ4v) is 4.41. The quantitative estimate of drug-likeness (QED) is 0.459. The molecule has 3 heterocycles. The lowest BCUT2D eigenvalue weighted by Gasteiger charge is -2.24. The Hall–Kier alpha value is -4.07. The van der Waals surface area contributed by atoms with Gasteiger partial charge in [0.2, 0.25) is 0 Å². The van der Waals surface area contributed by atoms with Crippen LogP contribution in [-0.2, 0) is 4.74 Å². The number of esters is 1. The molecule has 8 nitrogen and oxygen atoms in total. The summed E-state index contributed by atoms with van der Waals surface area (Å²) in [4.78, 5) is 34.0. The number of carbonyl (C=O) groups excluding carboxylic acids is 2. The molecule has 1 saturated heterocycles. The number of hydrogen-bond donors (Lipinski definition) is 1. The van der Waals surface area contributed by atoms with Crippen molar-refractivity contribution in [2.45, 2.75) is 13.3 Å². The summed E-state index contributed by atoms with van der Waals surface area (Å²) in [5.41, 5.74) is 4.07. The second-order valence-corrected chi connectivity index (χ2v) is 8.25. The first-order valence-corrected chi connectivity index (χ1v) is 11.6.